The molecule has 1 aromatic rings. The molecule has 0 aliphatic heterocycles. The van der Waals surface area contributed by atoms with Gasteiger partial charge in [-0.2, -0.15) is 0 Å². The Kier molecular flexibility index (Phi) is 5.55. The van der Waals surface area contributed by atoms with Gasteiger partial charge in [0.2, 0.25) is 0 Å². The molecule has 0 radical (unpaired) electrons. The van der Waals surface area contributed by atoms with E-state index in [0.29, 0.717) is 6.04 Å². The Hall–Kier alpha value is -0.710. The second kappa shape index (κ2) is 7.17. The predicted octanol–water partition coefficient (Wildman–Crippen LogP) is 3.40. The van der Waals surface area contributed by atoms with E-state index in [4.69, 9.17) is 9.47 Å². The lowest BCUT2D eigenvalue weighted by Crippen LogP contribution is -2.56. The zero-order chi connectivity index (χ0) is 13.7. The third-order valence-electron chi connectivity index (χ3n) is 3.43. The first-order valence-electron chi connectivity index (χ1n) is 6.92. The lowest BCUT2D eigenvalue weighted by molar-refractivity contribution is -0.118. The topological polar surface area (TPSA) is 30.5 Å². The first kappa shape index (κ1) is 14.7. The summed E-state index contributed by atoms with van der Waals surface area (Å²) in [6, 6.07) is 8.80. The molecule has 0 bridgehead atoms. The van der Waals surface area contributed by atoms with Crippen molar-refractivity contribution in [2.45, 2.75) is 43.4 Å². The van der Waals surface area contributed by atoms with Crippen molar-refractivity contribution in [3.05, 3.63) is 24.3 Å². The van der Waals surface area contributed by atoms with Crippen LogP contribution in [0.2, 0.25) is 0 Å². The van der Waals surface area contributed by atoms with Crippen molar-refractivity contribution in [3.8, 4) is 0 Å². The SMILES string of the molecule is CCOC1CC(Nc2ccccc2SCC)C1OC. The molecule has 3 nitrogen and oxygen atoms in total. The van der Waals surface area contributed by atoms with Gasteiger partial charge >= 0.3 is 0 Å². The summed E-state index contributed by atoms with van der Waals surface area (Å²) in [5.74, 6) is 1.08. The molecule has 0 aromatic heterocycles. The number of hydrogen-bond donors (Lipinski definition) is 1. The first-order valence-corrected chi connectivity index (χ1v) is 7.91. The second-order valence-electron chi connectivity index (χ2n) is 4.61. The van der Waals surface area contributed by atoms with Gasteiger partial charge in [-0.15, -0.1) is 11.8 Å². The summed E-state index contributed by atoms with van der Waals surface area (Å²) >= 11 is 1.86. The molecule has 0 amide bonds. The van der Waals surface area contributed by atoms with Crippen LogP contribution < -0.4 is 5.32 Å². The lowest BCUT2D eigenvalue weighted by atomic mass is 9.85. The van der Waals surface area contributed by atoms with E-state index < -0.39 is 0 Å². The molecule has 1 saturated carbocycles. The van der Waals surface area contributed by atoms with Crippen LogP contribution in [-0.2, 0) is 9.47 Å². The monoisotopic (exact) mass is 281 g/mol. The molecular formula is C15H23NO2S. The number of nitrogens with one attached hydrogen (secondary N) is 1. The number of thioether (sulfide) groups is 1. The van der Waals surface area contributed by atoms with E-state index in [0.717, 1.165) is 18.8 Å². The molecule has 4 heteroatoms. The number of anilines is 1. The molecule has 3 unspecified atom stereocenters. The molecule has 19 heavy (non-hydrogen) atoms. The van der Waals surface area contributed by atoms with Gasteiger partial charge in [0.1, 0.15) is 6.10 Å². The summed E-state index contributed by atoms with van der Waals surface area (Å²) in [7, 11) is 1.76. The average molecular weight is 281 g/mol. The van der Waals surface area contributed by atoms with E-state index in [1.807, 2.05) is 18.7 Å². The second-order valence-corrected chi connectivity index (χ2v) is 5.92. The number of para-hydroxylation sites is 1. The number of benzene rings is 1. The summed E-state index contributed by atoms with van der Waals surface area (Å²) in [4.78, 5) is 1.31. The van der Waals surface area contributed by atoms with Crippen LogP contribution in [0.3, 0.4) is 0 Å². The quantitative estimate of drug-likeness (QED) is 0.776. The fraction of sp³-hybridized carbons (Fsp3) is 0.600. The standard InChI is InChI=1S/C15H23NO2S/c1-4-18-13-10-12(15(13)17-3)16-11-8-6-7-9-14(11)19-5-2/h6-9,12-13,15-16H,4-5,10H2,1-3H3. The first-order chi connectivity index (χ1) is 9.30. The Balaban J connectivity index is 1.98. The van der Waals surface area contributed by atoms with Gasteiger partial charge in [-0.05, 0) is 31.2 Å². The number of rotatable bonds is 7. The van der Waals surface area contributed by atoms with Crippen LogP contribution >= 0.6 is 11.8 Å². The van der Waals surface area contributed by atoms with Crippen LogP contribution in [0.5, 0.6) is 0 Å². The van der Waals surface area contributed by atoms with Gasteiger partial charge in [0.25, 0.3) is 0 Å². The third-order valence-corrected chi connectivity index (χ3v) is 4.39. The van der Waals surface area contributed by atoms with E-state index >= 15 is 0 Å². The molecule has 1 aromatic carbocycles. The van der Waals surface area contributed by atoms with E-state index in [-0.39, 0.29) is 12.2 Å². The summed E-state index contributed by atoms with van der Waals surface area (Å²) in [5, 5.41) is 3.60. The zero-order valence-corrected chi connectivity index (χ0v) is 12.7. The van der Waals surface area contributed by atoms with Crippen molar-refractivity contribution in [2.75, 3.05) is 24.8 Å². The minimum absolute atomic E-state index is 0.152. The van der Waals surface area contributed by atoms with Gasteiger partial charge in [0, 0.05) is 24.3 Å². The van der Waals surface area contributed by atoms with Gasteiger partial charge in [0.15, 0.2) is 0 Å². The van der Waals surface area contributed by atoms with Gasteiger partial charge < -0.3 is 14.8 Å². The Morgan fingerprint density at radius 3 is 2.79 bits per heavy atom. The fourth-order valence-corrected chi connectivity index (χ4v) is 3.25. The van der Waals surface area contributed by atoms with Crippen LogP contribution in [0.15, 0.2) is 29.2 Å². The van der Waals surface area contributed by atoms with Crippen LogP contribution in [0.4, 0.5) is 5.69 Å². The molecule has 1 fully saturated rings. The number of methoxy groups -OCH3 is 1. The maximum Gasteiger partial charge on any atom is 0.103 e. The number of hydrogen-bond acceptors (Lipinski definition) is 4. The van der Waals surface area contributed by atoms with Crippen LogP contribution in [0.25, 0.3) is 0 Å². The smallest absolute Gasteiger partial charge is 0.103 e. The molecule has 0 spiro atoms. The number of ether oxygens (including phenoxy) is 2. The highest BCUT2D eigenvalue weighted by molar-refractivity contribution is 7.99. The van der Waals surface area contributed by atoms with Crippen LogP contribution in [-0.4, -0.2) is 37.7 Å². The van der Waals surface area contributed by atoms with Crippen LogP contribution in [0, 0.1) is 0 Å². The molecule has 0 heterocycles. The van der Waals surface area contributed by atoms with Crippen molar-refractivity contribution >= 4 is 17.4 Å². The van der Waals surface area contributed by atoms with E-state index in [2.05, 4.69) is 36.5 Å². The highest BCUT2D eigenvalue weighted by Crippen LogP contribution is 2.33. The van der Waals surface area contributed by atoms with Crippen molar-refractivity contribution in [2.24, 2.45) is 0 Å². The molecule has 106 valence electrons. The molecule has 1 N–H and O–H groups in total. The Morgan fingerprint density at radius 2 is 2.11 bits per heavy atom. The largest absolute Gasteiger partial charge is 0.379 e. The van der Waals surface area contributed by atoms with Gasteiger partial charge in [0.05, 0.1) is 12.1 Å². The zero-order valence-electron chi connectivity index (χ0n) is 11.9. The lowest BCUT2D eigenvalue weighted by Gasteiger charge is -2.44. The summed E-state index contributed by atoms with van der Waals surface area (Å²) in [6.07, 6.45) is 1.40. The molecule has 1 aliphatic rings. The van der Waals surface area contributed by atoms with Crippen molar-refractivity contribution in [1.29, 1.82) is 0 Å². The highest BCUT2D eigenvalue weighted by atomic mass is 32.2. The minimum atomic E-state index is 0.152. The van der Waals surface area contributed by atoms with Crippen molar-refractivity contribution in [1.82, 2.24) is 0 Å². The van der Waals surface area contributed by atoms with Gasteiger partial charge in [-0.25, -0.2) is 0 Å². The Morgan fingerprint density at radius 1 is 1.32 bits per heavy atom. The third kappa shape index (κ3) is 3.44. The predicted molar refractivity (Wildman–Crippen MR) is 81.1 cm³/mol. The molecule has 1 aliphatic carbocycles. The maximum atomic E-state index is 5.66. The normalized spacial score (nSPS) is 25.9. The maximum absolute atomic E-state index is 5.66. The molecule has 0 saturated heterocycles. The van der Waals surface area contributed by atoms with Crippen molar-refractivity contribution < 1.29 is 9.47 Å². The molecular weight excluding hydrogens is 258 g/mol. The van der Waals surface area contributed by atoms with E-state index in [9.17, 15) is 0 Å². The van der Waals surface area contributed by atoms with E-state index in [1.165, 1.54) is 10.6 Å². The minimum Gasteiger partial charge on any atom is -0.379 e. The highest BCUT2D eigenvalue weighted by Gasteiger charge is 2.42. The molecule has 3 atom stereocenters. The summed E-state index contributed by atoms with van der Waals surface area (Å²) in [5.41, 5.74) is 1.20. The fourth-order valence-electron chi connectivity index (χ4n) is 2.48. The van der Waals surface area contributed by atoms with Crippen molar-refractivity contribution in [3.63, 3.8) is 0 Å². The van der Waals surface area contributed by atoms with Gasteiger partial charge in [-0.3, -0.25) is 0 Å². The molecule has 2 rings (SSSR count). The average Bonchev–Trinajstić information content (AvgIpc) is 2.40. The van der Waals surface area contributed by atoms with Gasteiger partial charge in [-0.1, -0.05) is 19.1 Å². The Bertz CT molecular complexity index is 399. The summed E-state index contributed by atoms with van der Waals surface area (Å²) in [6.45, 7) is 4.95. The van der Waals surface area contributed by atoms with E-state index in [1.54, 1.807) is 7.11 Å². The Labute approximate surface area is 120 Å². The summed E-state index contributed by atoms with van der Waals surface area (Å²) < 4.78 is 11.2. The van der Waals surface area contributed by atoms with Crippen LogP contribution in [0.1, 0.15) is 20.3 Å².